The van der Waals surface area contributed by atoms with Gasteiger partial charge in [-0.05, 0) is 19.9 Å². The minimum Gasteiger partial charge on any atom is -0.466 e. The van der Waals surface area contributed by atoms with Gasteiger partial charge in [0, 0.05) is 25.5 Å². The number of amides is 1. The van der Waals surface area contributed by atoms with Crippen molar-refractivity contribution in [3.8, 4) is 0 Å². The predicted octanol–water partition coefficient (Wildman–Crippen LogP) is 2.38. The number of carbonyl (C=O) groups excluding carboxylic acids is 1. The molecule has 0 fully saturated rings. The van der Waals surface area contributed by atoms with Crippen molar-refractivity contribution in [1.82, 2.24) is 4.90 Å². The first-order valence-electron chi connectivity index (χ1n) is 5.51. The van der Waals surface area contributed by atoms with E-state index in [0.717, 1.165) is 11.1 Å². The smallest absolute Gasteiger partial charge is 0.257 e. The lowest BCUT2D eigenvalue weighted by Gasteiger charge is -2.20. The van der Waals surface area contributed by atoms with Gasteiger partial charge in [0.05, 0.1) is 12.2 Å². The lowest BCUT2D eigenvalue weighted by molar-refractivity contribution is 0.0707. The van der Waals surface area contributed by atoms with Crippen molar-refractivity contribution < 1.29 is 13.9 Å². The number of alkyl halides is 1. The van der Waals surface area contributed by atoms with E-state index >= 15 is 0 Å². The van der Waals surface area contributed by atoms with Gasteiger partial charge in [-0.25, -0.2) is 0 Å². The van der Waals surface area contributed by atoms with Crippen molar-refractivity contribution in [1.29, 1.82) is 0 Å². The Labute approximate surface area is 110 Å². The van der Waals surface area contributed by atoms with Gasteiger partial charge in [0.25, 0.3) is 5.91 Å². The van der Waals surface area contributed by atoms with Crippen LogP contribution in [0.1, 0.15) is 21.9 Å². The summed E-state index contributed by atoms with van der Waals surface area (Å²) < 4.78 is 10.4. The summed E-state index contributed by atoms with van der Waals surface area (Å²) in [5.41, 5.74) is 0.638. The van der Waals surface area contributed by atoms with Crippen molar-refractivity contribution in [2.75, 3.05) is 32.1 Å². The van der Waals surface area contributed by atoms with Gasteiger partial charge in [-0.15, -0.1) is 0 Å². The second-order valence-corrected chi connectivity index (χ2v) is 4.59. The largest absolute Gasteiger partial charge is 0.466 e. The van der Waals surface area contributed by atoms with Crippen LogP contribution in [0.25, 0.3) is 0 Å². The Morgan fingerprint density at radius 1 is 1.47 bits per heavy atom. The molecule has 1 aromatic rings. The Balaban J connectivity index is 2.79. The van der Waals surface area contributed by atoms with Crippen LogP contribution in [-0.2, 0) is 4.74 Å². The molecule has 96 valence electrons. The van der Waals surface area contributed by atoms with Crippen LogP contribution in [0.5, 0.6) is 0 Å². The summed E-state index contributed by atoms with van der Waals surface area (Å²) in [6.45, 7) is 5.43. The Bertz CT molecular complexity index is 376. The summed E-state index contributed by atoms with van der Waals surface area (Å²) in [4.78, 5) is 14.0. The molecule has 0 aliphatic rings. The topological polar surface area (TPSA) is 42.7 Å². The fraction of sp³-hybridized carbons (Fsp3) is 0.583. The SMILES string of the molecule is COCCN(CCBr)C(=O)c1cc(C)oc1C. The molecule has 0 N–H and O–H groups in total. The average molecular weight is 304 g/mol. The van der Waals surface area contributed by atoms with Crippen molar-refractivity contribution in [2.24, 2.45) is 0 Å². The molecule has 1 aromatic heterocycles. The van der Waals surface area contributed by atoms with Crippen LogP contribution in [0.15, 0.2) is 10.5 Å². The van der Waals surface area contributed by atoms with Crippen LogP contribution in [-0.4, -0.2) is 42.9 Å². The highest BCUT2D eigenvalue weighted by Crippen LogP contribution is 2.16. The number of rotatable bonds is 6. The van der Waals surface area contributed by atoms with Gasteiger partial charge >= 0.3 is 0 Å². The van der Waals surface area contributed by atoms with E-state index in [2.05, 4.69) is 15.9 Å². The summed E-state index contributed by atoms with van der Waals surface area (Å²) in [6, 6.07) is 1.78. The van der Waals surface area contributed by atoms with Crippen molar-refractivity contribution in [3.05, 3.63) is 23.2 Å². The Morgan fingerprint density at radius 3 is 2.65 bits per heavy atom. The number of hydrogen-bond donors (Lipinski definition) is 0. The lowest BCUT2D eigenvalue weighted by atomic mass is 10.2. The van der Waals surface area contributed by atoms with Crippen LogP contribution in [0.4, 0.5) is 0 Å². The molecule has 0 bridgehead atoms. The van der Waals surface area contributed by atoms with Crippen molar-refractivity contribution in [2.45, 2.75) is 13.8 Å². The van der Waals surface area contributed by atoms with E-state index in [1.54, 1.807) is 18.1 Å². The van der Waals surface area contributed by atoms with Crippen molar-refractivity contribution >= 4 is 21.8 Å². The summed E-state index contributed by atoms with van der Waals surface area (Å²) >= 11 is 3.35. The van der Waals surface area contributed by atoms with Gasteiger partial charge in [0.1, 0.15) is 11.5 Å². The zero-order valence-corrected chi connectivity index (χ0v) is 12.0. The maximum atomic E-state index is 12.3. The molecular weight excluding hydrogens is 286 g/mol. The Kier molecular flexibility index (Phi) is 5.71. The Hall–Kier alpha value is -0.810. The number of hydrogen-bond acceptors (Lipinski definition) is 3. The molecular formula is C12H18BrNO3. The molecule has 0 radical (unpaired) electrons. The van der Waals surface area contributed by atoms with E-state index in [-0.39, 0.29) is 5.91 Å². The number of aryl methyl sites for hydroxylation is 2. The summed E-state index contributed by atoms with van der Waals surface area (Å²) in [5, 5.41) is 0.748. The highest BCUT2D eigenvalue weighted by Gasteiger charge is 2.19. The van der Waals surface area contributed by atoms with Gasteiger partial charge < -0.3 is 14.1 Å². The molecule has 0 unspecified atom stereocenters. The monoisotopic (exact) mass is 303 g/mol. The van der Waals surface area contributed by atoms with Crippen molar-refractivity contribution in [3.63, 3.8) is 0 Å². The van der Waals surface area contributed by atoms with Crippen LogP contribution in [0.3, 0.4) is 0 Å². The number of nitrogens with zero attached hydrogens (tertiary/aromatic N) is 1. The number of furan rings is 1. The molecule has 0 aromatic carbocycles. The van der Waals surface area contributed by atoms with Gasteiger partial charge in [-0.2, -0.15) is 0 Å². The second kappa shape index (κ2) is 6.81. The average Bonchev–Trinajstić information content (AvgIpc) is 2.63. The third kappa shape index (κ3) is 3.85. The highest BCUT2D eigenvalue weighted by molar-refractivity contribution is 9.09. The lowest BCUT2D eigenvalue weighted by Crippen LogP contribution is -2.35. The third-order valence-electron chi connectivity index (χ3n) is 2.48. The molecule has 5 heteroatoms. The standard InChI is InChI=1S/C12H18BrNO3/c1-9-8-11(10(2)17-9)12(15)14(5-4-13)6-7-16-3/h8H,4-7H2,1-3H3. The van der Waals surface area contributed by atoms with E-state index in [4.69, 9.17) is 9.15 Å². The first-order valence-corrected chi connectivity index (χ1v) is 6.63. The number of halogens is 1. The van der Waals surface area contributed by atoms with E-state index in [1.807, 2.05) is 13.8 Å². The molecule has 0 atom stereocenters. The van der Waals surface area contributed by atoms with Crippen LogP contribution >= 0.6 is 15.9 Å². The zero-order valence-electron chi connectivity index (χ0n) is 10.5. The Morgan fingerprint density at radius 2 is 2.18 bits per heavy atom. The summed E-state index contributed by atoms with van der Waals surface area (Å²) in [6.07, 6.45) is 0. The third-order valence-corrected chi connectivity index (χ3v) is 2.83. The van der Waals surface area contributed by atoms with Gasteiger partial charge in [-0.3, -0.25) is 4.79 Å². The quantitative estimate of drug-likeness (QED) is 0.758. The van der Waals surface area contributed by atoms with Gasteiger partial charge in [0.15, 0.2) is 0 Å². The zero-order chi connectivity index (χ0) is 12.8. The molecule has 0 spiro atoms. The number of ether oxygens (including phenoxy) is 1. The minimum atomic E-state index is -0.00384. The fourth-order valence-corrected chi connectivity index (χ4v) is 2.06. The summed E-state index contributed by atoms with van der Waals surface area (Å²) in [5.74, 6) is 1.43. The van der Waals surface area contributed by atoms with Crippen LogP contribution in [0, 0.1) is 13.8 Å². The van der Waals surface area contributed by atoms with E-state index in [9.17, 15) is 4.79 Å². The summed E-state index contributed by atoms with van der Waals surface area (Å²) in [7, 11) is 1.63. The molecule has 0 aliphatic carbocycles. The molecule has 17 heavy (non-hydrogen) atoms. The van der Waals surface area contributed by atoms with Crippen LogP contribution < -0.4 is 0 Å². The molecule has 1 amide bonds. The minimum absolute atomic E-state index is 0.00384. The first-order chi connectivity index (χ1) is 8.10. The van der Waals surface area contributed by atoms with Gasteiger partial charge in [0.2, 0.25) is 0 Å². The molecule has 0 saturated heterocycles. The first kappa shape index (κ1) is 14.3. The molecule has 4 nitrogen and oxygen atoms in total. The number of methoxy groups -OCH3 is 1. The maximum absolute atomic E-state index is 12.3. The molecule has 1 heterocycles. The molecule has 1 rings (SSSR count). The normalized spacial score (nSPS) is 10.6. The van der Waals surface area contributed by atoms with Gasteiger partial charge in [-0.1, -0.05) is 15.9 Å². The van der Waals surface area contributed by atoms with Crippen LogP contribution in [0.2, 0.25) is 0 Å². The highest BCUT2D eigenvalue weighted by atomic mass is 79.9. The second-order valence-electron chi connectivity index (χ2n) is 3.80. The predicted molar refractivity (Wildman–Crippen MR) is 69.8 cm³/mol. The number of carbonyl (C=O) groups is 1. The van der Waals surface area contributed by atoms with E-state index < -0.39 is 0 Å². The maximum Gasteiger partial charge on any atom is 0.257 e. The molecule has 0 aliphatic heterocycles. The van der Waals surface area contributed by atoms with E-state index in [1.165, 1.54) is 0 Å². The molecule has 0 saturated carbocycles. The fourth-order valence-electron chi connectivity index (χ4n) is 1.63. The van der Waals surface area contributed by atoms with E-state index in [0.29, 0.717) is 31.0 Å².